The lowest BCUT2D eigenvalue weighted by Gasteiger charge is -2.26. The van der Waals surface area contributed by atoms with Crippen LogP contribution in [0.5, 0.6) is 0 Å². The molecule has 0 radical (unpaired) electrons. The van der Waals surface area contributed by atoms with Crippen molar-refractivity contribution in [2.24, 2.45) is 5.92 Å². The van der Waals surface area contributed by atoms with E-state index in [9.17, 15) is 0 Å². The van der Waals surface area contributed by atoms with Crippen molar-refractivity contribution in [3.05, 3.63) is 17.7 Å². The van der Waals surface area contributed by atoms with Gasteiger partial charge in [0.05, 0.1) is 12.0 Å². The van der Waals surface area contributed by atoms with Gasteiger partial charge in [-0.05, 0) is 12.3 Å². The molecule has 104 valence electrons. The van der Waals surface area contributed by atoms with Gasteiger partial charge in [0.1, 0.15) is 0 Å². The molecule has 1 unspecified atom stereocenters. The molecule has 1 aromatic rings. The molecule has 0 saturated heterocycles. The molecule has 0 amide bonds. The molecule has 0 aliphatic rings. The Balaban J connectivity index is 2.85. The number of imidazole rings is 1. The average Bonchev–Trinajstić information content (AvgIpc) is 2.77. The molecule has 1 N–H and O–H groups in total. The van der Waals surface area contributed by atoms with Gasteiger partial charge >= 0.3 is 0 Å². The fourth-order valence-electron chi connectivity index (χ4n) is 2.46. The molecule has 1 aromatic heterocycles. The normalized spacial score (nSPS) is 14.2. The third kappa shape index (κ3) is 3.60. The molecule has 1 atom stereocenters. The number of H-pyrrole nitrogens is 1. The Kier molecular flexibility index (Phi) is 5.43. The van der Waals surface area contributed by atoms with Crippen LogP contribution in [0, 0.1) is 5.92 Å². The number of nitrogens with zero attached hydrogens (tertiary/aromatic N) is 1. The summed E-state index contributed by atoms with van der Waals surface area (Å²) in [6, 6.07) is 0. The average molecular weight is 250 g/mol. The highest BCUT2D eigenvalue weighted by molar-refractivity contribution is 5.24. The standard InChI is InChI=1S/C16H30N2/c1-7-8-9-10-16(5,6)15-14(17-11-18-15)13(4)12(2)3/h11-13H,7-10H2,1-6H3,(H,17,18). The quantitative estimate of drug-likeness (QED) is 0.676. The third-order valence-corrected chi connectivity index (χ3v) is 4.17. The van der Waals surface area contributed by atoms with E-state index in [1.807, 2.05) is 6.33 Å². The van der Waals surface area contributed by atoms with Gasteiger partial charge in [0.25, 0.3) is 0 Å². The minimum atomic E-state index is 0.188. The fourth-order valence-corrected chi connectivity index (χ4v) is 2.46. The van der Waals surface area contributed by atoms with Crippen molar-refractivity contribution < 1.29 is 0 Å². The van der Waals surface area contributed by atoms with Gasteiger partial charge in [-0.1, -0.05) is 60.8 Å². The maximum Gasteiger partial charge on any atom is 0.0925 e. The van der Waals surface area contributed by atoms with Crippen LogP contribution in [0.3, 0.4) is 0 Å². The lowest BCUT2D eigenvalue weighted by Crippen LogP contribution is -2.21. The van der Waals surface area contributed by atoms with Gasteiger partial charge in [0.15, 0.2) is 0 Å². The number of unbranched alkanes of at least 4 members (excludes halogenated alkanes) is 2. The van der Waals surface area contributed by atoms with Crippen LogP contribution in [0.25, 0.3) is 0 Å². The largest absolute Gasteiger partial charge is 0.348 e. The number of aromatic nitrogens is 2. The first kappa shape index (κ1) is 15.3. The monoisotopic (exact) mass is 250 g/mol. The second kappa shape index (κ2) is 6.40. The van der Waals surface area contributed by atoms with Gasteiger partial charge in [-0.2, -0.15) is 0 Å². The van der Waals surface area contributed by atoms with Crippen LogP contribution in [-0.4, -0.2) is 9.97 Å². The Morgan fingerprint density at radius 2 is 1.89 bits per heavy atom. The SMILES string of the molecule is CCCCCC(C)(C)c1nc[nH]c1C(C)C(C)C. The summed E-state index contributed by atoms with van der Waals surface area (Å²) in [5, 5.41) is 0. The first-order valence-electron chi connectivity index (χ1n) is 7.44. The van der Waals surface area contributed by atoms with Crippen LogP contribution in [-0.2, 0) is 5.41 Å². The molecule has 0 bridgehead atoms. The van der Waals surface area contributed by atoms with Crippen LogP contribution in [0.2, 0.25) is 0 Å². The minimum Gasteiger partial charge on any atom is -0.348 e. The summed E-state index contributed by atoms with van der Waals surface area (Å²) in [6.45, 7) is 13.8. The summed E-state index contributed by atoms with van der Waals surface area (Å²) >= 11 is 0. The molecule has 1 heterocycles. The van der Waals surface area contributed by atoms with Crippen molar-refractivity contribution in [2.75, 3.05) is 0 Å². The van der Waals surface area contributed by atoms with E-state index in [1.165, 1.54) is 37.1 Å². The maximum absolute atomic E-state index is 4.61. The van der Waals surface area contributed by atoms with Crippen LogP contribution < -0.4 is 0 Å². The Morgan fingerprint density at radius 3 is 2.44 bits per heavy atom. The molecule has 0 aromatic carbocycles. The van der Waals surface area contributed by atoms with E-state index in [4.69, 9.17) is 0 Å². The molecule has 1 rings (SSSR count). The van der Waals surface area contributed by atoms with Crippen LogP contribution in [0.1, 0.15) is 84.5 Å². The maximum atomic E-state index is 4.61. The second-order valence-corrected chi connectivity index (χ2v) is 6.54. The van der Waals surface area contributed by atoms with Crippen molar-refractivity contribution in [3.8, 4) is 0 Å². The highest BCUT2D eigenvalue weighted by Crippen LogP contribution is 2.34. The van der Waals surface area contributed by atoms with Gasteiger partial charge in [-0.3, -0.25) is 0 Å². The molecule has 2 nitrogen and oxygen atoms in total. The third-order valence-electron chi connectivity index (χ3n) is 4.17. The van der Waals surface area contributed by atoms with Crippen molar-refractivity contribution in [3.63, 3.8) is 0 Å². The zero-order valence-electron chi connectivity index (χ0n) is 13.0. The van der Waals surface area contributed by atoms with Crippen molar-refractivity contribution in [2.45, 2.75) is 78.6 Å². The smallest absolute Gasteiger partial charge is 0.0925 e. The van der Waals surface area contributed by atoms with E-state index in [0.717, 1.165) is 0 Å². The number of hydrogen-bond acceptors (Lipinski definition) is 1. The number of aromatic amines is 1. The molecular weight excluding hydrogens is 220 g/mol. The highest BCUT2D eigenvalue weighted by Gasteiger charge is 2.28. The zero-order chi connectivity index (χ0) is 13.8. The van der Waals surface area contributed by atoms with Gasteiger partial charge in [-0.25, -0.2) is 4.98 Å². The molecule has 0 fully saturated rings. The van der Waals surface area contributed by atoms with Crippen molar-refractivity contribution >= 4 is 0 Å². The number of hydrogen-bond donors (Lipinski definition) is 1. The van der Waals surface area contributed by atoms with E-state index in [2.05, 4.69) is 51.5 Å². The van der Waals surface area contributed by atoms with Gasteiger partial charge in [0, 0.05) is 17.0 Å². The summed E-state index contributed by atoms with van der Waals surface area (Å²) in [6.07, 6.45) is 7.00. The van der Waals surface area contributed by atoms with Crippen LogP contribution in [0.15, 0.2) is 6.33 Å². The summed E-state index contributed by atoms with van der Waals surface area (Å²) in [4.78, 5) is 7.99. The summed E-state index contributed by atoms with van der Waals surface area (Å²) < 4.78 is 0. The van der Waals surface area contributed by atoms with E-state index < -0.39 is 0 Å². The van der Waals surface area contributed by atoms with E-state index in [0.29, 0.717) is 11.8 Å². The topological polar surface area (TPSA) is 28.7 Å². The van der Waals surface area contributed by atoms with E-state index in [1.54, 1.807) is 0 Å². The highest BCUT2D eigenvalue weighted by atomic mass is 14.9. The van der Waals surface area contributed by atoms with Crippen LogP contribution >= 0.6 is 0 Å². The Bertz CT molecular complexity index is 350. The van der Waals surface area contributed by atoms with E-state index >= 15 is 0 Å². The number of rotatable bonds is 7. The molecule has 0 aliphatic heterocycles. The Morgan fingerprint density at radius 1 is 1.22 bits per heavy atom. The lowest BCUT2D eigenvalue weighted by atomic mass is 9.79. The fraction of sp³-hybridized carbons (Fsp3) is 0.812. The second-order valence-electron chi connectivity index (χ2n) is 6.54. The molecule has 0 spiro atoms. The summed E-state index contributed by atoms with van der Waals surface area (Å²) in [5.41, 5.74) is 2.81. The Hall–Kier alpha value is -0.790. The summed E-state index contributed by atoms with van der Waals surface area (Å²) in [7, 11) is 0. The van der Waals surface area contributed by atoms with Gasteiger partial charge < -0.3 is 4.98 Å². The molecule has 0 saturated carbocycles. The summed E-state index contributed by atoms with van der Waals surface area (Å²) in [5.74, 6) is 1.20. The van der Waals surface area contributed by atoms with E-state index in [-0.39, 0.29) is 5.41 Å². The predicted molar refractivity (Wildman–Crippen MR) is 79.0 cm³/mol. The van der Waals surface area contributed by atoms with Crippen LogP contribution in [0.4, 0.5) is 0 Å². The molecule has 18 heavy (non-hydrogen) atoms. The first-order valence-corrected chi connectivity index (χ1v) is 7.44. The Labute approximate surface area is 113 Å². The zero-order valence-corrected chi connectivity index (χ0v) is 13.0. The minimum absolute atomic E-state index is 0.188. The molecule has 2 heteroatoms. The van der Waals surface area contributed by atoms with Crippen molar-refractivity contribution in [1.29, 1.82) is 0 Å². The lowest BCUT2D eigenvalue weighted by molar-refractivity contribution is 0.425. The van der Waals surface area contributed by atoms with Gasteiger partial charge in [-0.15, -0.1) is 0 Å². The number of nitrogens with one attached hydrogen (secondary N) is 1. The van der Waals surface area contributed by atoms with Gasteiger partial charge in [0.2, 0.25) is 0 Å². The van der Waals surface area contributed by atoms with Crippen molar-refractivity contribution in [1.82, 2.24) is 9.97 Å². The first-order chi connectivity index (χ1) is 8.40. The molecular formula is C16H30N2. The molecule has 0 aliphatic carbocycles. The predicted octanol–water partition coefficient (Wildman–Crippen LogP) is 5.03.